The Balaban J connectivity index is 1.06. The topological polar surface area (TPSA) is 240 Å². The Morgan fingerprint density at radius 2 is 0.614 bits per heavy atom. The van der Waals surface area contributed by atoms with Crippen molar-refractivity contribution in [2.24, 2.45) is 0 Å². The predicted molar refractivity (Wildman–Crippen MR) is 333 cm³/mol. The van der Waals surface area contributed by atoms with Crippen molar-refractivity contribution in [3.63, 3.8) is 0 Å². The molecule has 0 radical (unpaired) electrons. The maximum absolute atomic E-state index is 11.4. The van der Waals surface area contributed by atoms with E-state index in [-0.39, 0.29) is 123 Å². The van der Waals surface area contributed by atoms with Crippen LogP contribution in [-0.2, 0) is 57.0 Å². The van der Waals surface area contributed by atoms with Gasteiger partial charge in [0.25, 0.3) is 0 Å². The first-order valence-corrected chi connectivity index (χ1v) is 28.0. The van der Waals surface area contributed by atoms with E-state index >= 15 is 0 Å². The molecular formula is C68H66N4O16. The summed E-state index contributed by atoms with van der Waals surface area (Å²) < 4.78 is 66.0. The van der Waals surface area contributed by atoms with Gasteiger partial charge in [0, 0.05) is 44.3 Å². The van der Waals surface area contributed by atoms with Gasteiger partial charge in [-0.15, -0.1) is 0 Å². The molecule has 0 unspecified atom stereocenters. The summed E-state index contributed by atoms with van der Waals surface area (Å²) in [6.45, 7) is 11.0. The van der Waals surface area contributed by atoms with E-state index in [1.807, 2.05) is 133 Å². The molecule has 5 heterocycles. The van der Waals surface area contributed by atoms with Crippen LogP contribution in [0, 0.1) is 0 Å². The van der Waals surface area contributed by atoms with E-state index in [0.29, 0.717) is 40.0 Å². The van der Waals surface area contributed by atoms with Crippen LogP contribution in [0.4, 0.5) is 0 Å². The van der Waals surface area contributed by atoms with Gasteiger partial charge in [0.1, 0.15) is 103 Å². The van der Waals surface area contributed by atoms with E-state index in [0.717, 1.165) is 66.6 Å². The van der Waals surface area contributed by atoms with Crippen molar-refractivity contribution in [3.05, 3.63) is 182 Å². The number of carbonyl (C=O) groups is 3. The Bertz CT molecular complexity index is 3680. The van der Waals surface area contributed by atoms with Gasteiger partial charge in [0.15, 0.2) is 17.3 Å². The van der Waals surface area contributed by atoms with E-state index in [1.54, 1.807) is 12.1 Å². The molecule has 3 aromatic heterocycles. The summed E-state index contributed by atoms with van der Waals surface area (Å²) in [4.78, 5) is 52.5. The zero-order valence-electron chi connectivity index (χ0n) is 48.3. The monoisotopic (exact) mass is 1190 g/mol. The molecule has 0 spiro atoms. The lowest BCUT2D eigenvalue weighted by atomic mass is 10.0. The van der Waals surface area contributed by atoms with Gasteiger partial charge in [-0.25, -0.2) is 9.97 Å². The van der Waals surface area contributed by atoms with E-state index in [2.05, 4.69) is 29.7 Å². The lowest BCUT2D eigenvalue weighted by Crippen LogP contribution is -2.12. The first-order valence-electron chi connectivity index (χ1n) is 28.0. The smallest absolute Gasteiger partial charge is 0.180 e. The number of ether oxygens (including phenoxy) is 12. The summed E-state index contributed by atoms with van der Waals surface area (Å²) in [6.07, 6.45) is 11.6. The summed E-state index contributed by atoms with van der Waals surface area (Å²) >= 11 is 0. The Morgan fingerprint density at radius 1 is 0.352 bits per heavy atom. The van der Waals surface area contributed by atoms with Crippen molar-refractivity contribution >= 4 is 63.7 Å². The molecule has 0 fully saturated rings. The van der Waals surface area contributed by atoms with Crippen molar-refractivity contribution in [2.75, 3.05) is 100 Å². The third-order valence-corrected chi connectivity index (χ3v) is 13.2. The molecule has 0 atom stereocenters. The van der Waals surface area contributed by atoms with Crippen molar-refractivity contribution in [3.8, 4) is 67.5 Å². The lowest BCUT2D eigenvalue weighted by molar-refractivity contribution is -0.143. The molecule has 2 aliphatic heterocycles. The van der Waals surface area contributed by atoms with Gasteiger partial charge in [-0.3, -0.25) is 14.4 Å². The molecule has 20 nitrogen and oxygen atoms in total. The fourth-order valence-corrected chi connectivity index (χ4v) is 9.09. The summed E-state index contributed by atoms with van der Waals surface area (Å²) in [5, 5.41) is 10.5. The number of nitrogens with zero attached hydrogens (tertiary/aromatic N) is 2. The van der Waals surface area contributed by atoms with Crippen LogP contribution in [0.25, 0.3) is 90.9 Å². The molecule has 0 saturated carbocycles. The number of aromatic hydroxyl groups is 1. The minimum atomic E-state index is -0.241. The van der Waals surface area contributed by atoms with Crippen molar-refractivity contribution in [2.45, 2.75) is 0 Å². The van der Waals surface area contributed by atoms with Gasteiger partial charge in [-0.05, 0) is 138 Å². The van der Waals surface area contributed by atoms with Crippen LogP contribution in [0.2, 0.25) is 0 Å². The number of carbonyl (C=O) groups excluding carboxylic acids is 3. The largest absolute Gasteiger partial charge is 0.508 e. The summed E-state index contributed by atoms with van der Waals surface area (Å²) in [5.74, 6) is 1.28. The number of rotatable bonds is 37. The second kappa shape index (κ2) is 32.9. The number of hydrogen-bond donors (Lipinski definition) is 3. The highest BCUT2D eigenvalue weighted by atomic mass is 16.7. The Kier molecular flexibility index (Phi) is 23.6. The van der Waals surface area contributed by atoms with Gasteiger partial charge in [-0.1, -0.05) is 68.3 Å². The summed E-state index contributed by atoms with van der Waals surface area (Å²) in [7, 11) is 0. The van der Waals surface area contributed by atoms with Gasteiger partial charge >= 0.3 is 0 Å². The van der Waals surface area contributed by atoms with Crippen LogP contribution >= 0.6 is 0 Å². The van der Waals surface area contributed by atoms with E-state index in [9.17, 15) is 19.5 Å². The highest BCUT2D eigenvalue weighted by Crippen LogP contribution is 2.39. The first kappa shape index (κ1) is 63.1. The first-order chi connectivity index (χ1) is 43.2. The lowest BCUT2D eigenvalue weighted by Gasteiger charge is -2.10. The zero-order chi connectivity index (χ0) is 61.3. The maximum Gasteiger partial charge on any atom is 0.180 e. The molecule has 3 N–H and O–H groups in total. The molecule has 88 heavy (non-hydrogen) atoms. The van der Waals surface area contributed by atoms with E-state index < -0.39 is 0 Å². The number of aromatic nitrogens is 4. The third kappa shape index (κ3) is 17.8. The second-order valence-corrected chi connectivity index (χ2v) is 19.3. The summed E-state index contributed by atoms with van der Waals surface area (Å²) in [6, 6.07) is 38.5. The van der Waals surface area contributed by atoms with Crippen molar-refractivity contribution in [1.82, 2.24) is 19.9 Å². The number of hydrogen-bond acceptors (Lipinski definition) is 18. The average Bonchev–Trinajstić information content (AvgIpc) is 2.08. The molecule has 0 saturated heterocycles. The van der Waals surface area contributed by atoms with E-state index in [1.165, 1.54) is 18.2 Å². The highest BCUT2D eigenvalue weighted by molar-refractivity contribution is 6.00. The van der Waals surface area contributed by atoms with Gasteiger partial charge < -0.3 is 71.9 Å². The van der Waals surface area contributed by atoms with Crippen LogP contribution in [0.15, 0.2) is 159 Å². The molecule has 0 amide bonds. The van der Waals surface area contributed by atoms with Crippen LogP contribution in [0.1, 0.15) is 22.8 Å². The van der Waals surface area contributed by atoms with E-state index in [4.69, 9.17) is 66.8 Å². The van der Waals surface area contributed by atoms with Crippen LogP contribution in [-0.4, -0.2) is 143 Å². The fourth-order valence-electron chi connectivity index (χ4n) is 9.09. The van der Waals surface area contributed by atoms with Crippen LogP contribution in [0.3, 0.4) is 0 Å². The molecule has 2 aliphatic rings. The van der Waals surface area contributed by atoms with Gasteiger partial charge in [0.2, 0.25) is 0 Å². The molecule has 454 valence electrons. The number of phenolic OH excluding ortho intramolecular Hbond substituents is 1. The Labute approximate surface area is 507 Å². The van der Waals surface area contributed by atoms with Crippen molar-refractivity contribution in [1.29, 1.82) is 0 Å². The maximum atomic E-state index is 11.4. The minimum absolute atomic E-state index is 0.0357. The van der Waals surface area contributed by atoms with Crippen LogP contribution < -0.4 is 14.2 Å². The zero-order valence-corrected chi connectivity index (χ0v) is 48.3. The highest BCUT2D eigenvalue weighted by Gasteiger charge is 2.20. The number of phenols is 1. The summed E-state index contributed by atoms with van der Waals surface area (Å²) in [5.41, 5.74) is 12.5. The third-order valence-electron chi connectivity index (χ3n) is 13.2. The fraction of sp³-hybridized carbons (Fsp3) is 0.221. The molecule has 8 bridgehead atoms. The minimum Gasteiger partial charge on any atom is -0.508 e. The second-order valence-electron chi connectivity index (χ2n) is 19.3. The number of aromatic amines is 2. The predicted octanol–water partition coefficient (Wildman–Crippen LogP) is 11.3. The molecule has 4 aromatic carbocycles. The Morgan fingerprint density at radius 3 is 0.886 bits per heavy atom. The molecular weight excluding hydrogens is 1130 g/mol. The SMILES string of the molecule is C=CC(=O)COCOCOCCOc1ccc(-c2c3nc(c(-c4ccc(OCCOCOCOCC(=O)C=C)cc4)c4ccc([nH]4)c(-c4ccc(OCCOCOCOCC(=O)C=C)cc4)c4nc(c(-c5ccc(O)cc5)c5ccc2[nH]5)C=C4)C=C3)cc1. The molecule has 7 aromatic rings. The standard InChI is InChI=1S/C68H66N4O16/c1-4-50(73)37-80-43-83-40-77-31-34-86-54-17-9-47(10-18-54)66-59-25-23-57(69-59)65(46-7-15-53(76)16-8-46)58-24-26-60(70-58)67(48-11-19-55(20-12-48)87-35-32-78-41-84-44-81-38-51(74)5-2)62-28-30-64(72-62)68(63-29-27-61(66)71-63)49-13-21-56(22-14-49)88-36-33-79-42-85-45-82-39-52(75)6-3/h4-30,69,72,76H,1-3,31-45H2. The number of fused-ring (bicyclic) bond motifs is 8. The Hall–Kier alpha value is -9.45. The number of ketones is 3. The number of H-pyrrole nitrogens is 2. The average molecular weight is 1200 g/mol. The van der Waals surface area contributed by atoms with Gasteiger partial charge in [0.05, 0.1) is 42.6 Å². The number of nitrogens with one attached hydrogen (secondary N) is 2. The molecule has 9 rings (SSSR count). The molecule has 20 heteroatoms. The van der Waals surface area contributed by atoms with Gasteiger partial charge in [-0.2, -0.15) is 0 Å². The number of benzene rings is 4. The van der Waals surface area contributed by atoms with Crippen molar-refractivity contribution < 1.29 is 76.3 Å². The normalized spacial score (nSPS) is 11.6. The molecule has 0 aliphatic carbocycles. The van der Waals surface area contributed by atoms with Crippen LogP contribution in [0.5, 0.6) is 23.0 Å². The quantitative estimate of drug-likeness (QED) is 0.0186.